The number of carbonyl (C=O) groups is 1. The van der Waals surface area contributed by atoms with Crippen molar-refractivity contribution in [2.24, 2.45) is 0 Å². The third-order valence-electron chi connectivity index (χ3n) is 7.30. The Morgan fingerprint density at radius 2 is 1.78 bits per heavy atom. The Bertz CT molecular complexity index is 1150. The van der Waals surface area contributed by atoms with Gasteiger partial charge in [-0.15, -0.1) is 0 Å². The summed E-state index contributed by atoms with van der Waals surface area (Å²) in [6, 6.07) is 7.82. The van der Waals surface area contributed by atoms with E-state index >= 15 is 0 Å². The summed E-state index contributed by atoms with van der Waals surface area (Å²) in [5, 5.41) is 0. The summed E-state index contributed by atoms with van der Waals surface area (Å²) in [6.45, 7) is 10.8. The summed E-state index contributed by atoms with van der Waals surface area (Å²) in [6.07, 6.45) is 0.0430. The molecule has 0 amide bonds. The minimum Gasteiger partial charge on any atom is -0.489 e. The van der Waals surface area contributed by atoms with Crippen molar-refractivity contribution in [1.29, 1.82) is 0 Å². The van der Waals surface area contributed by atoms with Gasteiger partial charge in [0.05, 0.1) is 18.1 Å². The molecule has 1 fully saturated rings. The Hall–Kier alpha value is -2.57. The number of ether oxygens (including phenoxy) is 5. The van der Waals surface area contributed by atoms with Gasteiger partial charge in [-0.25, -0.2) is 0 Å². The molecule has 4 aliphatic rings. The predicted molar refractivity (Wildman–Crippen MR) is 117 cm³/mol. The van der Waals surface area contributed by atoms with Gasteiger partial charge in [-0.1, -0.05) is 6.07 Å². The number of carbonyl (C=O) groups excluding carboxylic acids is 1. The van der Waals surface area contributed by atoms with Gasteiger partial charge in [-0.05, 0) is 63.9 Å². The Labute approximate surface area is 187 Å². The first-order valence-electron chi connectivity index (χ1n) is 11.3. The van der Waals surface area contributed by atoms with Gasteiger partial charge in [0, 0.05) is 17.5 Å². The molecule has 0 spiro atoms. The molecule has 4 heterocycles. The molecule has 168 valence electrons. The topological polar surface area (TPSA) is 63.2 Å². The van der Waals surface area contributed by atoms with Gasteiger partial charge < -0.3 is 23.7 Å². The van der Waals surface area contributed by atoms with E-state index in [-0.39, 0.29) is 23.9 Å². The Kier molecular flexibility index (Phi) is 4.07. The average molecular weight is 437 g/mol. The van der Waals surface area contributed by atoms with Gasteiger partial charge >= 0.3 is 0 Å². The first kappa shape index (κ1) is 20.1. The molecular formula is C26H28O6. The van der Waals surface area contributed by atoms with Gasteiger partial charge in [-0.2, -0.15) is 0 Å². The molecule has 0 bridgehead atoms. The maximum Gasteiger partial charge on any atom is 0.178 e. The highest BCUT2D eigenvalue weighted by Crippen LogP contribution is 2.49. The maximum absolute atomic E-state index is 13.7. The maximum atomic E-state index is 13.7. The van der Waals surface area contributed by atoms with E-state index in [0.29, 0.717) is 30.9 Å². The van der Waals surface area contributed by atoms with E-state index in [1.54, 1.807) is 0 Å². The molecule has 1 saturated heterocycles. The molecule has 6 rings (SSSR count). The fraction of sp³-hybridized carbons (Fsp3) is 0.500. The molecule has 0 aromatic heterocycles. The van der Waals surface area contributed by atoms with Gasteiger partial charge in [-0.3, -0.25) is 4.79 Å². The van der Waals surface area contributed by atoms with Crippen LogP contribution in [0.1, 0.15) is 59.3 Å². The van der Waals surface area contributed by atoms with Crippen LogP contribution in [0.4, 0.5) is 0 Å². The van der Waals surface area contributed by atoms with Crippen LogP contribution < -0.4 is 14.2 Å². The molecule has 6 nitrogen and oxygen atoms in total. The van der Waals surface area contributed by atoms with E-state index in [2.05, 4.69) is 19.9 Å². The fourth-order valence-corrected chi connectivity index (χ4v) is 5.44. The number of aryl methyl sites for hydroxylation is 2. The van der Waals surface area contributed by atoms with Gasteiger partial charge in [0.15, 0.2) is 11.6 Å². The Morgan fingerprint density at radius 3 is 2.53 bits per heavy atom. The summed E-state index contributed by atoms with van der Waals surface area (Å²) >= 11 is 0. The van der Waals surface area contributed by atoms with Crippen molar-refractivity contribution in [2.75, 3.05) is 13.2 Å². The molecule has 4 aliphatic heterocycles. The molecule has 0 N–H and O–H groups in total. The van der Waals surface area contributed by atoms with Crippen LogP contribution >= 0.6 is 0 Å². The van der Waals surface area contributed by atoms with Crippen LogP contribution in [-0.2, 0) is 15.9 Å². The van der Waals surface area contributed by atoms with Crippen LogP contribution in [0.5, 0.6) is 17.2 Å². The second-order valence-corrected chi connectivity index (χ2v) is 10.1. The van der Waals surface area contributed by atoms with Crippen molar-refractivity contribution in [3.8, 4) is 17.2 Å². The third-order valence-corrected chi connectivity index (χ3v) is 7.30. The molecule has 4 atom stereocenters. The lowest BCUT2D eigenvalue weighted by Gasteiger charge is -2.37. The third kappa shape index (κ3) is 2.82. The van der Waals surface area contributed by atoms with Crippen LogP contribution in [0, 0.1) is 13.8 Å². The standard InChI is InChI=1S/C26H28O6/c1-13-8-16-19(9-14(13)2)28-11-20-22(16)23(27)15-6-7-18-17(24(15)31-20)10-21(30-18)26(5)12-29-25(3,4)32-26/h6-9,20-22H,10-12H2,1-5H3/t20-,21-,22+,26-/m1/s1. The van der Waals surface area contributed by atoms with Crippen molar-refractivity contribution < 1.29 is 28.5 Å². The SMILES string of the molecule is Cc1cc2c(cc1C)[C@@H]1C(=O)c3ccc4c(c3O[C@@H]1CO2)C[C@H]([C@@]1(C)COC(C)(C)O1)O4. The second kappa shape index (κ2) is 6.49. The van der Waals surface area contributed by atoms with Gasteiger partial charge in [0.25, 0.3) is 0 Å². The molecule has 0 aliphatic carbocycles. The van der Waals surface area contributed by atoms with E-state index in [4.69, 9.17) is 23.7 Å². The van der Waals surface area contributed by atoms with Crippen molar-refractivity contribution in [3.63, 3.8) is 0 Å². The van der Waals surface area contributed by atoms with Gasteiger partial charge in [0.1, 0.15) is 41.7 Å². The van der Waals surface area contributed by atoms with Gasteiger partial charge in [0.2, 0.25) is 0 Å². The zero-order chi connectivity index (χ0) is 22.4. The summed E-state index contributed by atoms with van der Waals surface area (Å²) in [4.78, 5) is 13.7. The number of ketones is 1. The van der Waals surface area contributed by atoms with Crippen molar-refractivity contribution in [3.05, 3.63) is 52.1 Å². The smallest absolute Gasteiger partial charge is 0.178 e. The zero-order valence-corrected chi connectivity index (χ0v) is 19.1. The van der Waals surface area contributed by atoms with E-state index in [1.807, 2.05) is 39.0 Å². The first-order chi connectivity index (χ1) is 15.2. The van der Waals surface area contributed by atoms with Crippen LogP contribution in [-0.4, -0.2) is 42.6 Å². The van der Waals surface area contributed by atoms with Crippen LogP contribution in [0.15, 0.2) is 24.3 Å². The van der Waals surface area contributed by atoms with Crippen molar-refractivity contribution in [2.45, 2.75) is 70.6 Å². The normalized spacial score (nSPS) is 31.5. The number of benzene rings is 2. The lowest BCUT2D eigenvalue weighted by molar-refractivity contribution is -0.173. The highest BCUT2D eigenvalue weighted by Gasteiger charge is 2.52. The number of fused-ring (bicyclic) bond motifs is 6. The van der Waals surface area contributed by atoms with Crippen molar-refractivity contribution in [1.82, 2.24) is 0 Å². The molecule has 2 aromatic carbocycles. The molecule has 32 heavy (non-hydrogen) atoms. The molecule has 0 unspecified atom stereocenters. The minimum absolute atomic E-state index is 0.0862. The monoisotopic (exact) mass is 436 g/mol. The molecule has 6 heteroatoms. The lowest BCUT2D eigenvalue weighted by atomic mass is 9.80. The van der Waals surface area contributed by atoms with E-state index in [9.17, 15) is 4.79 Å². The highest BCUT2D eigenvalue weighted by atomic mass is 16.8. The average Bonchev–Trinajstić information content (AvgIpc) is 3.30. The van der Waals surface area contributed by atoms with E-state index in [0.717, 1.165) is 33.8 Å². The highest BCUT2D eigenvalue weighted by molar-refractivity contribution is 6.05. The van der Waals surface area contributed by atoms with Crippen LogP contribution in [0.25, 0.3) is 0 Å². The predicted octanol–water partition coefficient (Wildman–Crippen LogP) is 4.27. The number of hydrogen-bond acceptors (Lipinski definition) is 6. The van der Waals surface area contributed by atoms with E-state index < -0.39 is 11.4 Å². The first-order valence-corrected chi connectivity index (χ1v) is 11.3. The summed E-state index contributed by atoms with van der Waals surface area (Å²) in [5.41, 5.74) is 4.20. The summed E-state index contributed by atoms with van der Waals surface area (Å²) in [7, 11) is 0. The van der Waals surface area contributed by atoms with Crippen LogP contribution in [0.2, 0.25) is 0 Å². The second-order valence-electron chi connectivity index (χ2n) is 10.1. The lowest BCUT2D eigenvalue weighted by Crippen LogP contribution is -2.46. The fourth-order valence-electron chi connectivity index (χ4n) is 5.44. The molecule has 0 radical (unpaired) electrons. The van der Waals surface area contributed by atoms with Crippen molar-refractivity contribution >= 4 is 5.78 Å². The minimum atomic E-state index is -0.644. The largest absolute Gasteiger partial charge is 0.489 e. The Balaban J connectivity index is 1.36. The summed E-state index contributed by atoms with van der Waals surface area (Å²) < 4.78 is 30.8. The quantitative estimate of drug-likeness (QED) is 0.665. The molecular weight excluding hydrogens is 408 g/mol. The number of Topliss-reactive ketones (excluding diaryl/α,β-unsaturated/α-hetero) is 1. The zero-order valence-electron chi connectivity index (χ0n) is 19.1. The van der Waals surface area contributed by atoms with Crippen LogP contribution in [0.3, 0.4) is 0 Å². The Morgan fingerprint density at radius 1 is 1.00 bits per heavy atom. The number of rotatable bonds is 1. The van der Waals surface area contributed by atoms with E-state index in [1.165, 1.54) is 0 Å². The molecule has 0 saturated carbocycles. The summed E-state index contributed by atoms with van der Waals surface area (Å²) in [5.74, 6) is 1.25. The molecule has 2 aromatic rings. The number of hydrogen-bond donors (Lipinski definition) is 0.